The summed E-state index contributed by atoms with van der Waals surface area (Å²) >= 11 is 6.17. The van der Waals surface area contributed by atoms with E-state index in [4.69, 9.17) is 16.3 Å². The lowest BCUT2D eigenvalue weighted by atomic mass is 9.72. The van der Waals surface area contributed by atoms with E-state index in [2.05, 4.69) is 40.8 Å². The van der Waals surface area contributed by atoms with E-state index in [0.717, 1.165) is 56.3 Å². The Morgan fingerprint density at radius 3 is 2.50 bits per heavy atom. The van der Waals surface area contributed by atoms with E-state index in [9.17, 15) is 8.78 Å². The van der Waals surface area contributed by atoms with Gasteiger partial charge in [0.25, 0.3) is 0 Å². The normalized spacial score (nSPS) is 18.0. The monoisotopic (exact) mass is 561 g/mol. The predicted molar refractivity (Wildman–Crippen MR) is 159 cm³/mol. The third-order valence-corrected chi connectivity index (χ3v) is 8.52. The topological polar surface area (TPSA) is 31.5 Å². The molecule has 4 aromatic rings. The van der Waals surface area contributed by atoms with Crippen molar-refractivity contribution in [1.29, 1.82) is 0 Å². The minimum absolute atomic E-state index is 0.119. The lowest BCUT2D eigenvalue weighted by Gasteiger charge is -2.39. The molecule has 1 aromatic heterocycles. The molecule has 40 heavy (non-hydrogen) atoms. The molecule has 1 N–H and O–H groups in total. The van der Waals surface area contributed by atoms with Crippen LogP contribution < -0.4 is 9.64 Å². The summed E-state index contributed by atoms with van der Waals surface area (Å²) in [5.74, 6) is -1.56. The molecule has 0 amide bonds. The average Bonchev–Trinajstić information content (AvgIpc) is 3.42. The van der Waals surface area contributed by atoms with E-state index in [1.165, 1.54) is 23.6 Å². The van der Waals surface area contributed by atoms with Gasteiger partial charge in [-0.1, -0.05) is 49.2 Å². The molecular weight excluding hydrogens is 528 g/mol. The first-order chi connectivity index (χ1) is 19.3. The van der Waals surface area contributed by atoms with Crippen molar-refractivity contribution >= 4 is 33.8 Å². The lowest BCUT2D eigenvalue weighted by molar-refractivity contribution is 0.264. The van der Waals surface area contributed by atoms with Crippen LogP contribution in [-0.4, -0.2) is 42.6 Å². The molecule has 0 atom stereocenters. The van der Waals surface area contributed by atoms with Gasteiger partial charge in [0, 0.05) is 61.1 Å². The zero-order valence-electron chi connectivity index (χ0n) is 22.9. The second-order valence-electron chi connectivity index (χ2n) is 11.7. The fourth-order valence-electron chi connectivity index (χ4n) is 5.96. The summed E-state index contributed by atoms with van der Waals surface area (Å²) in [6.45, 7) is 9.39. The molecule has 1 aliphatic heterocycles. The Bertz CT molecular complexity index is 1550. The highest BCUT2D eigenvalue weighted by Gasteiger charge is 2.29. The summed E-state index contributed by atoms with van der Waals surface area (Å²) in [7, 11) is 0. The molecular formula is C33H34ClF2N3O. The molecule has 6 rings (SSSR count). The number of nitrogens with one attached hydrogen (secondary N) is 1. The molecule has 1 fully saturated rings. The molecule has 2 aliphatic rings. The van der Waals surface area contributed by atoms with Gasteiger partial charge in [0.15, 0.2) is 11.6 Å². The van der Waals surface area contributed by atoms with Gasteiger partial charge in [0.1, 0.15) is 5.75 Å². The summed E-state index contributed by atoms with van der Waals surface area (Å²) in [6, 6.07) is 19.1. The molecule has 0 spiro atoms. The number of rotatable bonds is 6. The van der Waals surface area contributed by atoms with Gasteiger partial charge in [-0.2, -0.15) is 4.39 Å². The van der Waals surface area contributed by atoms with E-state index in [-0.39, 0.29) is 11.3 Å². The van der Waals surface area contributed by atoms with Crippen LogP contribution in [0.15, 0.2) is 72.4 Å². The molecule has 4 nitrogen and oxygen atoms in total. The number of anilines is 1. The first-order valence-electron chi connectivity index (χ1n) is 13.9. The van der Waals surface area contributed by atoms with Crippen molar-refractivity contribution in [1.82, 2.24) is 9.88 Å². The summed E-state index contributed by atoms with van der Waals surface area (Å²) in [5.41, 5.74) is 5.76. The zero-order valence-corrected chi connectivity index (χ0v) is 23.7. The van der Waals surface area contributed by atoms with Crippen molar-refractivity contribution in [3.8, 4) is 11.5 Å². The van der Waals surface area contributed by atoms with Gasteiger partial charge in [-0.05, 0) is 72.2 Å². The van der Waals surface area contributed by atoms with Crippen LogP contribution in [0.4, 0.5) is 14.5 Å². The van der Waals surface area contributed by atoms with Crippen LogP contribution in [0, 0.1) is 17.0 Å². The third-order valence-electron chi connectivity index (χ3n) is 8.27. The van der Waals surface area contributed by atoms with Gasteiger partial charge >= 0.3 is 0 Å². The van der Waals surface area contributed by atoms with E-state index in [0.29, 0.717) is 16.6 Å². The van der Waals surface area contributed by atoms with Crippen molar-refractivity contribution in [2.24, 2.45) is 5.41 Å². The lowest BCUT2D eigenvalue weighted by Crippen LogP contribution is -2.47. The van der Waals surface area contributed by atoms with Gasteiger partial charge in [-0.15, -0.1) is 0 Å². The smallest absolute Gasteiger partial charge is 0.203 e. The Morgan fingerprint density at radius 1 is 0.950 bits per heavy atom. The minimum Gasteiger partial charge on any atom is -0.454 e. The number of fused-ring (bicyclic) bond motifs is 1. The number of H-pyrrole nitrogens is 1. The number of nitrogens with zero attached hydrogens (tertiary/aromatic N) is 2. The molecule has 3 aromatic carbocycles. The maximum absolute atomic E-state index is 14.6. The zero-order chi connectivity index (χ0) is 27.9. The van der Waals surface area contributed by atoms with Crippen LogP contribution in [-0.2, 0) is 0 Å². The van der Waals surface area contributed by atoms with Crippen LogP contribution in [0.1, 0.15) is 38.7 Å². The number of hydrogen-bond acceptors (Lipinski definition) is 3. The molecule has 0 bridgehead atoms. The molecule has 0 unspecified atom stereocenters. The second kappa shape index (κ2) is 10.9. The minimum atomic E-state index is -0.993. The number of hydrogen-bond donors (Lipinski definition) is 1. The van der Waals surface area contributed by atoms with Crippen LogP contribution >= 0.6 is 11.6 Å². The highest BCUT2D eigenvalue weighted by molar-refractivity contribution is 6.30. The van der Waals surface area contributed by atoms with E-state index < -0.39 is 11.6 Å². The van der Waals surface area contributed by atoms with Crippen LogP contribution in [0.3, 0.4) is 0 Å². The van der Waals surface area contributed by atoms with Crippen molar-refractivity contribution in [3.63, 3.8) is 0 Å². The maximum atomic E-state index is 14.6. The Labute approximate surface area is 239 Å². The number of piperazine rings is 1. The molecule has 0 saturated carbocycles. The molecule has 7 heteroatoms. The predicted octanol–water partition coefficient (Wildman–Crippen LogP) is 8.68. The molecule has 1 aliphatic carbocycles. The number of allylic oxidation sites excluding steroid dienone is 1. The SMILES string of the molecule is CC1(C)CCC(CN2CCN(c3cccc(Oc4cc5cc[nH]c5c(F)c4F)c3)CC2)=C(c2ccc(Cl)cc2)C1. The molecule has 208 valence electrons. The van der Waals surface area contributed by atoms with Crippen LogP contribution in [0.25, 0.3) is 16.5 Å². The largest absolute Gasteiger partial charge is 0.454 e. The third kappa shape index (κ3) is 5.61. The van der Waals surface area contributed by atoms with E-state index >= 15 is 0 Å². The maximum Gasteiger partial charge on any atom is 0.203 e. The number of halogens is 3. The standard InChI is InChI=1S/C33H34ClF2N3O/c1-33(2)12-10-24(28(20-33)22-6-8-25(34)9-7-22)21-38-14-16-39(17-15-38)26-4-3-5-27(19-26)40-29-18-23-11-13-37-32(23)31(36)30(29)35/h3-9,11,13,18-19,37H,10,12,14-17,20-21H2,1-2H3. The number of benzene rings is 3. The van der Waals surface area contributed by atoms with Crippen LogP contribution in [0.2, 0.25) is 5.02 Å². The molecule has 0 radical (unpaired) electrons. The van der Waals surface area contributed by atoms with Crippen molar-refractivity contribution in [2.75, 3.05) is 37.6 Å². The van der Waals surface area contributed by atoms with E-state index in [1.54, 1.807) is 23.9 Å². The Balaban J connectivity index is 1.13. The van der Waals surface area contributed by atoms with Gasteiger partial charge in [-0.3, -0.25) is 4.90 Å². The number of aromatic amines is 1. The van der Waals surface area contributed by atoms with Crippen molar-refractivity contribution in [2.45, 2.75) is 33.1 Å². The highest BCUT2D eigenvalue weighted by Crippen LogP contribution is 2.43. The first-order valence-corrected chi connectivity index (χ1v) is 14.3. The van der Waals surface area contributed by atoms with E-state index in [1.807, 2.05) is 30.3 Å². The Kier molecular flexibility index (Phi) is 7.32. The first kappa shape index (κ1) is 26.9. The van der Waals surface area contributed by atoms with Crippen molar-refractivity contribution < 1.29 is 13.5 Å². The second-order valence-corrected chi connectivity index (χ2v) is 12.2. The van der Waals surface area contributed by atoms with Gasteiger partial charge < -0.3 is 14.6 Å². The Morgan fingerprint density at radius 2 is 1.73 bits per heavy atom. The Hall–Kier alpha value is -3.35. The summed E-state index contributed by atoms with van der Waals surface area (Å²) < 4.78 is 34.9. The van der Waals surface area contributed by atoms with Gasteiger partial charge in [0.05, 0.1) is 5.52 Å². The highest BCUT2D eigenvalue weighted by atomic mass is 35.5. The van der Waals surface area contributed by atoms with Crippen LogP contribution in [0.5, 0.6) is 11.5 Å². The number of aromatic nitrogens is 1. The molecule has 2 heterocycles. The van der Waals surface area contributed by atoms with Gasteiger partial charge in [0.2, 0.25) is 5.82 Å². The summed E-state index contributed by atoms with van der Waals surface area (Å²) in [6.07, 6.45) is 4.99. The fourth-order valence-corrected chi connectivity index (χ4v) is 6.08. The summed E-state index contributed by atoms with van der Waals surface area (Å²) in [5, 5.41) is 1.34. The molecule has 1 saturated heterocycles. The fraction of sp³-hybridized carbons (Fsp3) is 0.333. The number of ether oxygens (including phenoxy) is 1. The average molecular weight is 562 g/mol. The quantitative estimate of drug-likeness (QED) is 0.255. The summed E-state index contributed by atoms with van der Waals surface area (Å²) in [4.78, 5) is 7.60. The van der Waals surface area contributed by atoms with Crippen molar-refractivity contribution in [3.05, 3.63) is 94.7 Å². The van der Waals surface area contributed by atoms with Gasteiger partial charge in [-0.25, -0.2) is 4.39 Å².